The number of ether oxygens (including phenoxy) is 3. The summed E-state index contributed by atoms with van der Waals surface area (Å²) in [4.78, 5) is 25.3. The Hall–Kier alpha value is -2.18. The summed E-state index contributed by atoms with van der Waals surface area (Å²) in [5, 5.41) is 0.193. The first-order valence-electron chi connectivity index (χ1n) is 8.04. The smallest absolute Gasteiger partial charge is 0.319 e. The fraction of sp³-hybridized carbons (Fsp3) is 0.263. The van der Waals surface area contributed by atoms with E-state index in [1.807, 2.05) is 12.1 Å². The Morgan fingerprint density at radius 3 is 2.54 bits per heavy atom. The van der Waals surface area contributed by atoms with Crippen LogP contribution in [0.15, 0.2) is 47.4 Å². The highest BCUT2D eigenvalue weighted by Crippen LogP contribution is 2.31. The lowest BCUT2D eigenvalue weighted by Crippen LogP contribution is -2.21. The molecule has 7 heteroatoms. The third kappa shape index (κ3) is 4.71. The van der Waals surface area contributed by atoms with Crippen LogP contribution in [0, 0.1) is 0 Å². The molecule has 136 valence electrons. The Morgan fingerprint density at radius 2 is 1.81 bits per heavy atom. The number of ketones is 1. The molecule has 1 aliphatic rings. The number of halogens is 1. The van der Waals surface area contributed by atoms with Crippen molar-refractivity contribution in [2.45, 2.75) is 17.1 Å². The van der Waals surface area contributed by atoms with Crippen LogP contribution in [0.3, 0.4) is 0 Å². The summed E-state index contributed by atoms with van der Waals surface area (Å²) in [6, 6.07) is 12.1. The van der Waals surface area contributed by atoms with Gasteiger partial charge in [0.05, 0.1) is 0 Å². The molecule has 0 radical (unpaired) electrons. The molecule has 3 rings (SSSR count). The Morgan fingerprint density at radius 1 is 1.12 bits per heavy atom. The van der Waals surface area contributed by atoms with Gasteiger partial charge in [-0.3, -0.25) is 9.59 Å². The number of rotatable bonds is 6. The van der Waals surface area contributed by atoms with Gasteiger partial charge in [-0.2, -0.15) is 0 Å². The van der Waals surface area contributed by atoms with E-state index in [0.29, 0.717) is 35.3 Å². The Kier molecular flexibility index (Phi) is 6.06. The van der Waals surface area contributed by atoms with Crippen molar-refractivity contribution in [2.75, 3.05) is 19.8 Å². The van der Waals surface area contributed by atoms with Gasteiger partial charge < -0.3 is 14.2 Å². The number of fused-ring (bicyclic) bond motifs is 1. The van der Waals surface area contributed by atoms with Crippen LogP contribution in [0.2, 0.25) is 5.02 Å². The number of thioether (sulfide) groups is 1. The predicted molar refractivity (Wildman–Crippen MR) is 99.5 cm³/mol. The molecule has 0 N–H and O–H groups in total. The zero-order chi connectivity index (χ0) is 18.5. The summed E-state index contributed by atoms with van der Waals surface area (Å²) in [6.07, 6.45) is 0. The van der Waals surface area contributed by atoms with Gasteiger partial charge in [0.2, 0.25) is 0 Å². The first kappa shape index (κ1) is 18.6. The van der Waals surface area contributed by atoms with Crippen molar-refractivity contribution in [1.82, 2.24) is 0 Å². The monoisotopic (exact) mass is 392 g/mol. The van der Waals surface area contributed by atoms with Crippen LogP contribution in [-0.4, -0.2) is 36.8 Å². The molecule has 2 aromatic rings. The van der Waals surface area contributed by atoms with E-state index in [-0.39, 0.29) is 12.4 Å². The van der Waals surface area contributed by atoms with Gasteiger partial charge in [-0.15, -0.1) is 11.8 Å². The van der Waals surface area contributed by atoms with Gasteiger partial charge in [0.25, 0.3) is 0 Å². The normalized spacial score (nSPS) is 13.8. The molecule has 0 fully saturated rings. The molecule has 1 atom stereocenters. The zero-order valence-electron chi connectivity index (χ0n) is 14.1. The number of carbonyl (C=O) groups excluding carboxylic acids is 2. The van der Waals surface area contributed by atoms with Crippen molar-refractivity contribution in [3.8, 4) is 11.5 Å². The minimum Gasteiger partial charge on any atom is -0.486 e. The van der Waals surface area contributed by atoms with E-state index in [1.165, 1.54) is 11.8 Å². The first-order chi connectivity index (χ1) is 12.5. The summed E-state index contributed by atoms with van der Waals surface area (Å²) >= 11 is 7.19. The molecule has 0 amide bonds. The number of benzene rings is 2. The van der Waals surface area contributed by atoms with E-state index < -0.39 is 11.2 Å². The van der Waals surface area contributed by atoms with Crippen LogP contribution < -0.4 is 9.47 Å². The minimum atomic E-state index is -0.448. The van der Waals surface area contributed by atoms with Gasteiger partial charge >= 0.3 is 5.97 Å². The molecule has 5 nitrogen and oxygen atoms in total. The van der Waals surface area contributed by atoms with Crippen LogP contribution in [-0.2, 0) is 9.53 Å². The fourth-order valence-electron chi connectivity index (χ4n) is 2.32. The maximum absolute atomic E-state index is 12.3. The second-order valence-corrected chi connectivity index (χ2v) is 7.45. The van der Waals surface area contributed by atoms with Crippen molar-refractivity contribution in [2.24, 2.45) is 0 Å². The minimum absolute atomic E-state index is 0.293. The Bertz CT molecular complexity index is 806. The van der Waals surface area contributed by atoms with Crippen LogP contribution in [0.25, 0.3) is 0 Å². The highest BCUT2D eigenvalue weighted by atomic mass is 35.5. The second kappa shape index (κ2) is 8.47. The molecule has 0 saturated heterocycles. The molecule has 26 heavy (non-hydrogen) atoms. The van der Waals surface area contributed by atoms with Crippen molar-refractivity contribution in [1.29, 1.82) is 0 Å². The number of Topliss-reactive ketones (excluding diaryl/α,β-unsaturated/α-hetero) is 1. The fourth-order valence-corrected chi connectivity index (χ4v) is 3.31. The standard InChI is InChI=1S/C19H17ClO5S/c1-12(26-15-5-3-14(20)4-6-15)19(22)25-11-16(21)13-2-7-17-18(10-13)24-9-8-23-17/h2-7,10,12H,8-9,11H2,1H3/t12-/m0/s1. The molecule has 0 saturated carbocycles. The SMILES string of the molecule is C[C@H](Sc1ccc(Cl)cc1)C(=O)OCC(=O)c1ccc2c(c1)OCCO2. The zero-order valence-corrected chi connectivity index (χ0v) is 15.6. The molecule has 0 spiro atoms. The summed E-state index contributed by atoms with van der Waals surface area (Å²) in [5.41, 5.74) is 0.417. The van der Waals surface area contributed by atoms with Gasteiger partial charge in [-0.05, 0) is 49.4 Å². The van der Waals surface area contributed by atoms with Crippen LogP contribution in [0.1, 0.15) is 17.3 Å². The molecule has 2 aromatic carbocycles. The first-order valence-corrected chi connectivity index (χ1v) is 9.30. The summed E-state index contributed by atoms with van der Waals surface area (Å²) in [7, 11) is 0. The highest BCUT2D eigenvalue weighted by molar-refractivity contribution is 8.00. The number of hydrogen-bond acceptors (Lipinski definition) is 6. The molecule has 0 aromatic heterocycles. The highest BCUT2D eigenvalue weighted by Gasteiger charge is 2.19. The Balaban J connectivity index is 1.53. The van der Waals surface area contributed by atoms with Gasteiger partial charge in [0, 0.05) is 15.5 Å². The molecule has 0 aliphatic carbocycles. The lowest BCUT2D eigenvalue weighted by molar-refractivity contribution is -0.141. The van der Waals surface area contributed by atoms with Gasteiger partial charge in [0.15, 0.2) is 23.9 Å². The molecule has 1 aliphatic heterocycles. The molecule has 1 heterocycles. The van der Waals surface area contributed by atoms with Crippen LogP contribution in [0.4, 0.5) is 0 Å². The third-order valence-corrected chi connectivity index (χ3v) is 5.01. The third-order valence-electron chi connectivity index (χ3n) is 3.67. The van der Waals surface area contributed by atoms with Crippen LogP contribution >= 0.6 is 23.4 Å². The van der Waals surface area contributed by atoms with Crippen molar-refractivity contribution in [3.05, 3.63) is 53.1 Å². The van der Waals surface area contributed by atoms with E-state index in [4.69, 9.17) is 25.8 Å². The van der Waals surface area contributed by atoms with Gasteiger partial charge in [0.1, 0.15) is 18.5 Å². The topological polar surface area (TPSA) is 61.8 Å². The van der Waals surface area contributed by atoms with E-state index in [2.05, 4.69) is 0 Å². The maximum Gasteiger partial charge on any atom is 0.319 e. The van der Waals surface area contributed by atoms with Crippen molar-refractivity contribution in [3.63, 3.8) is 0 Å². The number of hydrogen-bond donors (Lipinski definition) is 0. The lowest BCUT2D eigenvalue weighted by Gasteiger charge is -2.18. The quantitative estimate of drug-likeness (QED) is 0.420. The van der Waals surface area contributed by atoms with Crippen LogP contribution in [0.5, 0.6) is 11.5 Å². The van der Waals surface area contributed by atoms with Crippen molar-refractivity contribution < 1.29 is 23.8 Å². The number of esters is 1. The maximum atomic E-state index is 12.3. The summed E-state index contributed by atoms with van der Waals surface area (Å²) in [6.45, 7) is 2.35. The van der Waals surface area contributed by atoms with E-state index in [0.717, 1.165) is 4.90 Å². The average Bonchev–Trinajstić information content (AvgIpc) is 2.67. The Labute approximate surface area is 160 Å². The number of carbonyl (C=O) groups is 2. The van der Waals surface area contributed by atoms with E-state index in [1.54, 1.807) is 37.3 Å². The molecule has 0 unspecified atom stereocenters. The van der Waals surface area contributed by atoms with Crippen molar-refractivity contribution >= 4 is 35.1 Å². The lowest BCUT2D eigenvalue weighted by atomic mass is 10.1. The van der Waals surface area contributed by atoms with Gasteiger partial charge in [-0.25, -0.2) is 0 Å². The molecule has 0 bridgehead atoms. The summed E-state index contributed by atoms with van der Waals surface area (Å²) < 4.78 is 16.0. The largest absolute Gasteiger partial charge is 0.486 e. The molecular formula is C19H17ClO5S. The predicted octanol–water partition coefficient (Wildman–Crippen LogP) is 4.02. The average molecular weight is 393 g/mol. The van der Waals surface area contributed by atoms with E-state index in [9.17, 15) is 9.59 Å². The second-order valence-electron chi connectivity index (χ2n) is 5.60. The van der Waals surface area contributed by atoms with Gasteiger partial charge in [-0.1, -0.05) is 11.6 Å². The summed E-state index contributed by atoms with van der Waals surface area (Å²) in [5.74, 6) is 0.396. The molecular weight excluding hydrogens is 376 g/mol. The van der Waals surface area contributed by atoms with E-state index >= 15 is 0 Å².